The molecule has 0 aliphatic carbocycles. The Morgan fingerprint density at radius 3 is 3.00 bits per heavy atom. The Bertz CT molecular complexity index is 795. The molecule has 0 unspecified atom stereocenters. The molecule has 0 bridgehead atoms. The molecular weight excluding hydrogens is 325 g/mol. The number of rotatable bonds is 2. The van der Waals surface area contributed by atoms with Gasteiger partial charge in [0.05, 0.1) is 0 Å². The van der Waals surface area contributed by atoms with E-state index in [0.717, 1.165) is 0 Å². The molecular formula is C13H9N3O3Se. The van der Waals surface area contributed by atoms with Gasteiger partial charge in [-0.1, -0.05) is 0 Å². The molecule has 2 aromatic rings. The molecule has 0 saturated heterocycles. The van der Waals surface area contributed by atoms with Crippen LogP contribution in [0.25, 0.3) is 11.0 Å². The number of carbonyl (C=O) groups is 1. The van der Waals surface area contributed by atoms with Gasteiger partial charge in [0.1, 0.15) is 0 Å². The quantitative estimate of drug-likeness (QED) is 0.487. The summed E-state index contributed by atoms with van der Waals surface area (Å²) in [6.07, 6.45) is 2.74. The topological polar surface area (TPSA) is 84.0 Å². The minimum absolute atomic E-state index is 0.111. The number of amidine groups is 1. The van der Waals surface area contributed by atoms with Crippen LogP contribution >= 0.6 is 0 Å². The summed E-state index contributed by atoms with van der Waals surface area (Å²) >= 11 is -0.300. The fourth-order valence-electron chi connectivity index (χ4n) is 1.71. The van der Waals surface area contributed by atoms with Crippen molar-refractivity contribution in [1.29, 1.82) is 0 Å². The molecule has 0 atom stereocenters. The van der Waals surface area contributed by atoms with Gasteiger partial charge in [-0.05, 0) is 0 Å². The van der Waals surface area contributed by atoms with E-state index in [9.17, 15) is 9.59 Å². The average Bonchev–Trinajstić information content (AvgIpc) is 2.87. The molecule has 1 aliphatic heterocycles. The van der Waals surface area contributed by atoms with Crippen LogP contribution in [0.5, 0.6) is 0 Å². The van der Waals surface area contributed by atoms with E-state index in [0.29, 0.717) is 21.3 Å². The molecule has 2 heterocycles. The second-order valence-electron chi connectivity index (χ2n) is 3.98. The zero-order chi connectivity index (χ0) is 13.9. The van der Waals surface area contributed by atoms with Gasteiger partial charge in [-0.3, -0.25) is 0 Å². The molecule has 0 amide bonds. The number of hydrogen-bond donors (Lipinski definition) is 1. The van der Waals surface area contributed by atoms with Crippen LogP contribution in [0.1, 0.15) is 5.56 Å². The van der Waals surface area contributed by atoms with Crippen molar-refractivity contribution in [3.8, 4) is 0 Å². The SMILES string of the molecule is O=C1CN=C(N/N=C/c2coc3ccccc3c2=O)[Se]1. The number of carbonyl (C=O) groups excluding carboxylic acids is 1. The molecule has 0 spiro atoms. The summed E-state index contributed by atoms with van der Waals surface area (Å²) < 4.78 is 6.05. The van der Waals surface area contributed by atoms with Gasteiger partial charge in [-0.15, -0.1) is 0 Å². The normalized spacial score (nSPS) is 15.0. The van der Waals surface area contributed by atoms with E-state index in [1.807, 2.05) is 0 Å². The van der Waals surface area contributed by atoms with E-state index in [-0.39, 0.29) is 31.6 Å². The first-order valence-electron chi connectivity index (χ1n) is 5.79. The van der Waals surface area contributed by atoms with Gasteiger partial charge in [0.25, 0.3) is 0 Å². The first-order valence-corrected chi connectivity index (χ1v) is 7.50. The Balaban J connectivity index is 1.82. The molecule has 1 aliphatic rings. The van der Waals surface area contributed by atoms with E-state index in [4.69, 9.17) is 4.42 Å². The third-order valence-electron chi connectivity index (χ3n) is 2.63. The number of nitrogens with one attached hydrogen (secondary N) is 1. The maximum absolute atomic E-state index is 12.1. The molecule has 1 aromatic carbocycles. The molecule has 1 aromatic heterocycles. The Hall–Kier alpha value is -2.24. The number of benzene rings is 1. The van der Waals surface area contributed by atoms with Crippen molar-refractivity contribution in [3.05, 3.63) is 46.3 Å². The standard InChI is InChI=1S/C13H9N3O3Se/c17-11-6-14-13(20-11)16-15-5-8-7-19-10-4-2-1-3-9(10)12(8)18/h1-5,7H,6H2,(H,14,16)/b15-5+. The van der Waals surface area contributed by atoms with Crippen molar-refractivity contribution in [2.45, 2.75) is 0 Å². The molecule has 1 N–H and O–H groups in total. The van der Waals surface area contributed by atoms with Crippen LogP contribution in [0.3, 0.4) is 0 Å². The summed E-state index contributed by atoms with van der Waals surface area (Å²) in [5.41, 5.74) is 3.42. The van der Waals surface area contributed by atoms with Crippen molar-refractivity contribution >= 4 is 41.6 Å². The van der Waals surface area contributed by atoms with Crippen LogP contribution in [0.15, 0.2) is 49.8 Å². The van der Waals surface area contributed by atoms with Crippen LogP contribution in [0.2, 0.25) is 0 Å². The predicted molar refractivity (Wildman–Crippen MR) is 76.3 cm³/mol. The Morgan fingerprint density at radius 2 is 2.20 bits per heavy atom. The fraction of sp³-hybridized carbons (Fsp3) is 0.0769. The van der Waals surface area contributed by atoms with Crippen molar-refractivity contribution in [3.63, 3.8) is 0 Å². The van der Waals surface area contributed by atoms with E-state index in [1.54, 1.807) is 24.3 Å². The summed E-state index contributed by atoms with van der Waals surface area (Å²) in [4.78, 5) is 27.2. The number of fused-ring (bicyclic) bond motifs is 1. The molecule has 0 radical (unpaired) electrons. The number of nitrogens with zero attached hydrogens (tertiary/aromatic N) is 2. The maximum atomic E-state index is 12.1. The summed E-state index contributed by atoms with van der Waals surface area (Å²) in [6, 6.07) is 7.02. The fourth-order valence-corrected chi connectivity index (χ4v) is 2.91. The van der Waals surface area contributed by atoms with Crippen LogP contribution < -0.4 is 10.9 Å². The molecule has 6 nitrogen and oxygen atoms in total. The van der Waals surface area contributed by atoms with Crippen LogP contribution in [-0.2, 0) is 4.79 Å². The summed E-state index contributed by atoms with van der Waals surface area (Å²) in [6.45, 7) is 0.218. The van der Waals surface area contributed by atoms with E-state index in [2.05, 4.69) is 15.5 Å². The van der Waals surface area contributed by atoms with Gasteiger partial charge in [-0.2, -0.15) is 0 Å². The predicted octanol–water partition coefficient (Wildman–Crippen LogP) is 0.317. The van der Waals surface area contributed by atoms with E-state index in [1.165, 1.54) is 12.5 Å². The zero-order valence-electron chi connectivity index (χ0n) is 10.2. The number of aliphatic imine (C=N–C) groups is 1. The monoisotopic (exact) mass is 335 g/mol. The number of hydrazone groups is 1. The average molecular weight is 334 g/mol. The van der Waals surface area contributed by atoms with Gasteiger partial charge in [0.15, 0.2) is 0 Å². The molecule has 20 heavy (non-hydrogen) atoms. The summed E-state index contributed by atoms with van der Waals surface area (Å²) in [5, 5.41) is 4.43. The summed E-state index contributed by atoms with van der Waals surface area (Å²) in [5.74, 6) is 0. The van der Waals surface area contributed by atoms with E-state index < -0.39 is 0 Å². The second kappa shape index (κ2) is 5.40. The summed E-state index contributed by atoms with van der Waals surface area (Å²) in [7, 11) is 0. The van der Waals surface area contributed by atoms with Crippen molar-refractivity contribution in [2.24, 2.45) is 10.1 Å². The third-order valence-corrected chi connectivity index (χ3v) is 4.25. The zero-order valence-corrected chi connectivity index (χ0v) is 11.9. The van der Waals surface area contributed by atoms with E-state index >= 15 is 0 Å². The molecule has 3 rings (SSSR count). The molecule has 0 saturated carbocycles. The third kappa shape index (κ3) is 2.54. The van der Waals surface area contributed by atoms with Crippen molar-refractivity contribution < 1.29 is 9.21 Å². The van der Waals surface area contributed by atoms with Crippen molar-refractivity contribution in [2.75, 3.05) is 6.54 Å². The second-order valence-corrected chi connectivity index (χ2v) is 6.18. The van der Waals surface area contributed by atoms with Gasteiger partial charge in [-0.25, -0.2) is 0 Å². The Kier molecular flexibility index (Phi) is 3.45. The molecule has 100 valence electrons. The first kappa shape index (κ1) is 12.8. The first-order chi connectivity index (χ1) is 9.74. The van der Waals surface area contributed by atoms with Gasteiger partial charge < -0.3 is 0 Å². The minimum atomic E-state index is -0.300. The molecule has 0 fully saturated rings. The molecule has 7 heteroatoms. The number of para-hydroxylation sites is 1. The van der Waals surface area contributed by atoms with Gasteiger partial charge >= 0.3 is 119 Å². The van der Waals surface area contributed by atoms with Crippen molar-refractivity contribution in [1.82, 2.24) is 5.43 Å². The van der Waals surface area contributed by atoms with Crippen LogP contribution in [0, 0.1) is 0 Å². The van der Waals surface area contributed by atoms with Crippen LogP contribution in [-0.4, -0.2) is 37.1 Å². The van der Waals surface area contributed by atoms with Crippen LogP contribution in [0.4, 0.5) is 0 Å². The number of hydrogen-bond acceptors (Lipinski definition) is 6. The van der Waals surface area contributed by atoms with Gasteiger partial charge in [0.2, 0.25) is 0 Å². The van der Waals surface area contributed by atoms with Gasteiger partial charge in [0, 0.05) is 0 Å². The Morgan fingerprint density at radius 1 is 1.35 bits per heavy atom. The Labute approximate surface area is 119 Å².